The molecule has 2 heterocycles. The number of thiophene rings is 1. The normalized spacial score (nSPS) is 10.3. The number of nitrogens with one attached hydrogen (secondary N) is 2. The van der Waals surface area contributed by atoms with Crippen LogP contribution in [-0.2, 0) is 13.0 Å². The van der Waals surface area contributed by atoms with Crippen molar-refractivity contribution >= 4 is 23.1 Å². The highest BCUT2D eigenvalue weighted by atomic mass is 32.1. The number of aryl methyl sites for hydroxylation is 1. The number of carbonyl (C=O) groups excluding carboxylic acids is 1. The molecule has 5 nitrogen and oxygen atoms in total. The van der Waals surface area contributed by atoms with Gasteiger partial charge in [0.25, 0.3) is 5.91 Å². The van der Waals surface area contributed by atoms with E-state index in [4.69, 9.17) is 5.84 Å². The van der Waals surface area contributed by atoms with Crippen LogP contribution in [-0.4, -0.2) is 10.9 Å². The molecule has 2 aromatic rings. The van der Waals surface area contributed by atoms with Crippen LogP contribution in [0.1, 0.15) is 27.0 Å². The summed E-state index contributed by atoms with van der Waals surface area (Å²) >= 11 is 1.63. The number of halogens is 1. The molecule has 0 spiro atoms. The van der Waals surface area contributed by atoms with E-state index >= 15 is 0 Å². The summed E-state index contributed by atoms with van der Waals surface area (Å²) in [6.07, 6.45) is 2.29. The third-order valence-corrected chi connectivity index (χ3v) is 3.99. The number of pyridine rings is 1. The maximum Gasteiger partial charge on any atom is 0.254 e. The fourth-order valence-electron chi connectivity index (χ4n) is 1.69. The van der Waals surface area contributed by atoms with Crippen molar-refractivity contribution in [3.63, 3.8) is 0 Å². The Morgan fingerprint density at radius 3 is 2.80 bits per heavy atom. The number of anilines is 1. The Morgan fingerprint density at radius 2 is 2.15 bits per heavy atom. The first kappa shape index (κ1) is 14.4. The Morgan fingerprint density at radius 1 is 1.40 bits per heavy atom. The molecule has 106 valence electrons. The molecule has 2 rings (SSSR count). The fraction of sp³-hybridized carbons (Fsp3) is 0.231. The van der Waals surface area contributed by atoms with E-state index < -0.39 is 11.7 Å². The molecule has 0 atom stereocenters. The van der Waals surface area contributed by atoms with E-state index in [1.54, 1.807) is 11.3 Å². The van der Waals surface area contributed by atoms with Gasteiger partial charge in [-0.1, -0.05) is 6.92 Å². The average Bonchev–Trinajstić information content (AvgIpc) is 2.93. The molecule has 0 unspecified atom stereocenters. The zero-order valence-corrected chi connectivity index (χ0v) is 11.8. The molecular formula is C13H15FN4OS. The van der Waals surface area contributed by atoms with Gasteiger partial charge in [-0.3, -0.25) is 4.79 Å². The Hall–Kier alpha value is -1.99. The number of nitrogens with two attached hydrogens (primary N) is 1. The van der Waals surface area contributed by atoms with Gasteiger partial charge in [0.1, 0.15) is 0 Å². The van der Waals surface area contributed by atoms with E-state index in [0.29, 0.717) is 6.54 Å². The second-order valence-corrected chi connectivity index (χ2v) is 5.32. The van der Waals surface area contributed by atoms with E-state index in [9.17, 15) is 9.18 Å². The highest BCUT2D eigenvalue weighted by Crippen LogP contribution is 2.17. The van der Waals surface area contributed by atoms with E-state index in [1.807, 2.05) is 12.1 Å². The number of hydrogen-bond donors (Lipinski definition) is 3. The quantitative estimate of drug-likeness (QED) is 0.582. The van der Waals surface area contributed by atoms with Gasteiger partial charge >= 0.3 is 0 Å². The first-order valence-corrected chi connectivity index (χ1v) is 6.94. The number of amides is 1. The largest absolute Gasteiger partial charge is 0.347 e. The molecule has 0 aliphatic carbocycles. The molecule has 7 heteroatoms. The van der Waals surface area contributed by atoms with Crippen LogP contribution < -0.4 is 16.6 Å². The lowest BCUT2D eigenvalue weighted by atomic mass is 10.2. The van der Waals surface area contributed by atoms with E-state index in [2.05, 4.69) is 22.7 Å². The average molecular weight is 294 g/mol. The molecule has 0 aliphatic rings. The predicted molar refractivity (Wildman–Crippen MR) is 76.9 cm³/mol. The smallest absolute Gasteiger partial charge is 0.254 e. The van der Waals surface area contributed by atoms with Gasteiger partial charge in [-0.2, -0.15) is 0 Å². The van der Waals surface area contributed by atoms with Crippen molar-refractivity contribution in [3.8, 4) is 0 Å². The van der Waals surface area contributed by atoms with Crippen LogP contribution in [0.5, 0.6) is 0 Å². The summed E-state index contributed by atoms with van der Waals surface area (Å²) in [6.45, 7) is 2.44. The molecule has 1 amide bonds. The zero-order chi connectivity index (χ0) is 14.5. The van der Waals surface area contributed by atoms with Crippen molar-refractivity contribution in [2.45, 2.75) is 19.9 Å². The number of carbonyl (C=O) groups is 1. The van der Waals surface area contributed by atoms with Crippen molar-refractivity contribution in [1.82, 2.24) is 10.3 Å². The first-order valence-electron chi connectivity index (χ1n) is 6.12. The standard InChI is InChI=1S/C13H15FN4OS/c1-2-8-3-4-9(20-8)7-17-13(19)10-5-6-16-12(18-15)11(10)14/h3-6H,2,7,15H2,1H3,(H,16,18)(H,17,19). The minimum Gasteiger partial charge on any atom is -0.347 e. The summed E-state index contributed by atoms with van der Waals surface area (Å²) in [4.78, 5) is 17.9. The molecule has 0 aliphatic heterocycles. The summed E-state index contributed by atoms with van der Waals surface area (Å²) in [5, 5.41) is 2.68. The minimum atomic E-state index is -0.757. The second-order valence-electron chi connectivity index (χ2n) is 4.07. The van der Waals surface area contributed by atoms with Gasteiger partial charge < -0.3 is 10.7 Å². The molecule has 0 radical (unpaired) electrons. The highest BCUT2D eigenvalue weighted by molar-refractivity contribution is 7.11. The third kappa shape index (κ3) is 3.12. The summed E-state index contributed by atoms with van der Waals surface area (Å²) < 4.78 is 13.8. The first-order chi connectivity index (χ1) is 9.65. The Labute approximate surface area is 120 Å². The number of nitrogens with zero attached hydrogens (tertiary/aromatic N) is 1. The van der Waals surface area contributed by atoms with Crippen molar-refractivity contribution in [2.75, 3.05) is 5.43 Å². The van der Waals surface area contributed by atoms with Crippen LogP contribution in [0, 0.1) is 5.82 Å². The number of nitrogen functional groups attached to an aromatic ring is 1. The minimum absolute atomic E-state index is 0.0831. The Bertz CT molecular complexity index is 614. The number of rotatable bonds is 5. The molecule has 0 saturated carbocycles. The lowest BCUT2D eigenvalue weighted by molar-refractivity contribution is 0.0947. The van der Waals surface area contributed by atoms with Crippen LogP contribution in [0.4, 0.5) is 10.2 Å². The molecular weight excluding hydrogens is 279 g/mol. The lowest BCUT2D eigenvalue weighted by Gasteiger charge is -2.07. The van der Waals surface area contributed by atoms with Crippen LogP contribution in [0.15, 0.2) is 24.4 Å². The Balaban J connectivity index is 2.05. The number of hydrogen-bond acceptors (Lipinski definition) is 5. The summed E-state index contributed by atoms with van der Waals surface area (Å²) in [6, 6.07) is 5.30. The monoisotopic (exact) mass is 294 g/mol. The van der Waals surface area contributed by atoms with Gasteiger partial charge in [0.2, 0.25) is 0 Å². The maximum absolute atomic E-state index is 13.8. The van der Waals surface area contributed by atoms with Gasteiger partial charge in [-0.05, 0) is 24.6 Å². The van der Waals surface area contributed by atoms with Gasteiger partial charge in [0.15, 0.2) is 11.6 Å². The highest BCUT2D eigenvalue weighted by Gasteiger charge is 2.15. The Kier molecular flexibility index (Phi) is 4.65. The SMILES string of the molecule is CCc1ccc(CNC(=O)c2ccnc(NN)c2F)s1. The van der Waals surface area contributed by atoms with Crippen molar-refractivity contribution in [2.24, 2.45) is 5.84 Å². The third-order valence-electron chi connectivity index (χ3n) is 2.76. The van der Waals surface area contributed by atoms with Gasteiger partial charge in [0.05, 0.1) is 12.1 Å². The van der Waals surface area contributed by atoms with Crippen molar-refractivity contribution in [3.05, 3.63) is 45.5 Å². The van der Waals surface area contributed by atoms with Crippen LogP contribution in [0.25, 0.3) is 0 Å². The summed E-state index contributed by atoms with van der Waals surface area (Å²) in [5.41, 5.74) is 2.03. The summed E-state index contributed by atoms with van der Waals surface area (Å²) in [5.74, 6) is 3.72. The molecule has 0 fully saturated rings. The molecule has 0 bridgehead atoms. The fourth-order valence-corrected chi connectivity index (χ4v) is 2.59. The van der Waals surface area contributed by atoms with Crippen LogP contribution in [0.2, 0.25) is 0 Å². The molecule has 20 heavy (non-hydrogen) atoms. The molecule has 4 N–H and O–H groups in total. The molecule has 0 aromatic carbocycles. The summed E-state index contributed by atoms with van der Waals surface area (Å²) in [7, 11) is 0. The van der Waals surface area contributed by atoms with E-state index in [0.717, 1.165) is 11.3 Å². The van der Waals surface area contributed by atoms with Crippen molar-refractivity contribution < 1.29 is 9.18 Å². The maximum atomic E-state index is 13.8. The topological polar surface area (TPSA) is 80.0 Å². The van der Waals surface area contributed by atoms with Gasteiger partial charge in [-0.25, -0.2) is 15.2 Å². The van der Waals surface area contributed by atoms with Crippen LogP contribution >= 0.6 is 11.3 Å². The van der Waals surface area contributed by atoms with Crippen molar-refractivity contribution in [1.29, 1.82) is 0 Å². The zero-order valence-electron chi connectivity index (χ0n) is 10.9. The van der Waals surface area contributed by atoms with E-state index in [1.165, 1.54) is 17.1 Å². The second kappa shape index (κ2) is 6.44. The number of aromatic nitrogens is 1. The van der Waals surface area contributed by atoms with Gasteiger partial charge in [0, 0.05) is 16.0 Å². The molecule has 0 saturated heterocycles. The van der Waals surface area contributed by atoms with Gasteiger partial charge in [-0.15, -0.1) is 11.3 Å². The predicted octanol–water partition coefficient (Wildman–Crippen LogP) is 2.06. The lowest BCUT2D eigenvalue weighted by Crippen LogP contribution is -2.24. The molecule has 2 aromatic heterocycles. The van der Waals surface area contributed by atoms with E-state index in [-0.39, 0.29) is 11.4 Å². The van der Waals surface area contributed by atoms with Crippen LogP contribution in [0.3, 0.4) is 0 Å². The number of hydrazine groups is 1.